The summed E-state index contributed by atoms with van der Waals surface area (Å²) in [6.07, 6.45) is 1.65. The van der Waals surface area contributed by atoms with Crippen LogP contribution in [0, 0.1) is 5.92 Å². The molecular formula is C9H19NO. The lowest BCUT2D eigenvalue weighted by Gasteiger charge is -2.12. The standard InChI is InChI=1S/C9H19NO/c1-5-8(4)10-9(11)6-7(2)3/h7-8H,5-6H2,1-4H3,(H,10,11)/t8-/m0/s1. The number of nitrogens with one attached hydrogen (secondary N) is 1. The van der Waals surface area contributed by atoms with Gasteiger partial charge in [0.1, 0.15) is 0 Å². The van der Waals surface area contributed by atoms with E-state index in [-0.39, 0.29) is 5.91 Å². The molecule has 0 spiro atoms. The van der Waals surface area contributed by atoms with E-state index in [2.05, 4.69) is 26.1 Å². The molecule has 1 amide bonds. The van der Waals surface area contributed by atoms with E-state index in [0.29, 0.717) is 18.4 Å². The third-order valence-corrected chi connectivity index (χ3v) is 1.61. The van der Waals surface area contributed by atoms with Gasteiger partial charge >= 0.3 is 0 Å². The zero-order valence-electron chi connectivity index (χ0n) is 7.98. The number of rotatable bonds is 4. The lowest BCUT2D eigenvalue weighted by Crippen LogP contribution is -2.32. The molecule has 0 aliphatic rings. The van der Waals surface area contributed by atoms with Crippen LogP contribution >= 0.6 is 0 Å². The summed E-state index contributed by atoms with van der Waals surface area (Å²) in [5, 5.41) is 2.92. The first-order valence-corrected chi connectivity index (χ1v) is 4.35. The minimum atomic E-state index is 0.175. The van der Waals surface area contributed by atoms with Crippen molar-refractivity contribution in [1.29, 1.82) is 0 Å². The minimum Gasteiger partial charge on any atom is -0.354 e. The van der Waals surface area contributed by atoms with Crippen LogP contribution < -0.4 is 5.32 Å². The maximum absolute atomic E-state index is 11.1. The molecule has 0 aromatic heterocycles. The Balaban J connectivity index is 3.52. The molecule has 0 bridgehead atoms. The van der Waals surface area contributed by atoms with Crippen molar-refractivity contribution in [1.82, 2.24) is 5.32 Å². The fraction of sp³-hybridized carbons (Fsp3) is 0.889. The number of hydrogen-bond donors (Lipinski definition) is 1. The van der Waals surface area contributed by atoms with Gasteiger partial charge in [-0.2, -0.15) is 0 Å². The fourth-order valence-electron chi connectivity index (χ4n) is 0.807. The van der Waals surface area contributed by atoms with Crippen molar-refractivity contribution in [3.05, 3.63) is 0 Å². The van der Waals surface area contributed by atoms with Gasteiger partial charge in [0.2, 0.25) is 5.91 Å². The molecule has 11 heavy (non-hydrogen) atoms. The van der Waals surface area contributed by atoms with Crippen LogP contribution in [0.3, 0.4) is 0 Å². The molecule has 1 atom stereocenters. The van der Waals surface area contributed by atoms with Crippen molar-refractivity contribution in [2.24, 2.45) is 5.92 Å². The van der Waals surface area contributed by atoms with Crippen LogP contribution in [0.4, 0.5) is 0 Å². The first kappa shape index (κ1) is 10.5. The molecule has 0 aromatic carbocycles. The van der Waals surface area contributed by atoms with Gasteiger partial charge in [0.25, 0.3) is 0 Å². The van der Waals surface area contributed by atoms with Crippen LogP contribution in [-0.2, 0) is 4.79 Å². The Morgan fingerprint density at radius 1 is 1.36 bits per heavy atom. The van der Waals surface area contributed by atoms with Crippen LogP contribution in [0.2, 0.25) is 0 Å². The highest BCUT2D eigenvalue weighted by molar-refractivity contribution is 5.76. The van der Waals surface area contributed by atoms with E-state index < -0.39 is 0 Å². The summed E-state index contributed by atoms with van der Waals surface area (Å²) < 4.78 is 0. The molecule has 0 aliphatic carbocycles. The summed E-state index contributed by atoms with van der Waals surface area (Å²) in [4.78, 5) is 11.1. The molecular weight excluding hydrogens is 138 g/mol. The highest BCUT2D eigenvalue weighted by Gasteiger charge is 2.06. The quantitative estimate of drug-likeness (QED) is 0.664. The molecule has 0 aliphatic heterocycles. The van der Waals surface area contributed by atoms with Crippen molar-refractivity contribution < 1.29 is 4.79 Å². The predicted octanol–water partition coefficient (Wildman–Crippen LogP) is 1.95. The topological polar surface area (TPSA) is 29.1 Å². The summed E-state index contributed by atoms with van der Waals surface area (Å²) in [5.41, 5.74) is 0. The molecule has 0 rings (SSSR count). The Labute approximate surface area is 69.4 Å². The van der Waals surface area contributed by atoms with E-state index in [0.717, 1.165) is 6.42 Å². The zero-order chi connectivity index (χ0) is 8.85. The van der Waals surface area contributed by atoms with Crippen molar-refractivity contribution in [3.63, 3.8) is 0 Å². The number of hydrogen-bond acceptors (Lipinski definition) is 1. The number of carbonyl (C=O) groups is 1. The van der Waals surface area contributed by atoms with Crippen LogP contribution in [0.15, 0.2) is 0 Å². The minimum absolute atomic E-state index is 0.175. The second-order valence-corrected chi connectivity index (χ2v) is 3.47. The van der Waals surface area contributed by atoms with Gasteiger partial charge in [0.05, 0.1) is 0 Å². The number of amides is 1. The largest absolute Gasteiger partial charge is 0.354 e. The smallest absolute Gasteiger partial charge is 0.220 e. The Morgan fingerprint density at radius 3 is 2.27 bits per heavy atom. The van der Waals surface area contributed by atoms with Crippen LogP contribution in [0.25, 0.3) is 0 Å². The van der Waals surface area contributed by atoms with E-state index >= 15 is 0 Å². The Hall–Kier alpha value is -0.530. The summed E-state index contributed by atoms with van der Waals surface area (Å²) in [5.74, 6) is 0.633. The molecule has 1 N–H and O–H groups in total. The molecule has 2 nitrogen and oxygen atoms in total. The molecule has 0 radical (unpaired) electrons. The van der Waals surface area contributed by atoms with Crippen molar-refractivity contribution >= 4 is 5.91 Å². The van der Waals surface area contributed by atoms with Crippen molar-refractivity contribution in [2.45, 2.75) is 46.6 Å². The maximum Gasteiger partial charge on any atom is 0.220 e. The Morgan fingerprint density at radius 2 is 1.91 bits per heavy atom. The van der Waals surface area contributed by atoms with Gasteiger partial charge < -0.3 is 5.32 Å². The normalized spacial score (nSPS) is 13.2. The monoisotopic (exact) mass is 157 g/mol. The van der Waals surface area contributed by atoms with E-state index in [9.17, 15) is 4.79 Å². The lowest BCUT2D eigenvalue weighted by molar-refractivity contribution is -0.122. The first-order chi connectivity index (χ1) is 5.06. The van der Waals surface area contributed by atoms with E-state index in [1.165, 1.54) is 0 Å². The van der Waals surface area contributed by atoms with Crippen molar-refractivity contribution in [2.75, 3.05) is 0 Å². The van der Waals surface area contributed by atoms with E-state index in [4.69, 9.17) is 0 Å². The Kier molecular flexibility index (Phi) is 4.92. The van der Waals surface area contributed by atoms with Crippen LogP contribution in [-0.4, -0.2) is 11.9 Å². The van der Waals surface area contributed by atoms with Crippen LogP contribution in [0.1, 0.15) is 40.5 Å². The third-order valence-electron chi connectivity index (χ3n) is 1.61. The fourth-order valence-corrected chi connectivity index (χ4v) is 0.807. The average Bonchev–Trinajstić information content (AvgIpc) is 1.85. The summed E-state index contributed by atoms with van der Waals surface area (Å²) >= 11 is 0. The Bertz CT molecular complexity index is 121. The second-order valence-electron chi connectivity index (χ2n) is 3.47. The summed E-state index contributed by atoms with van der Waals surface area (Å²) in [7, 11) is 0. The van der Waals surface area contributed by atoms with E-state index in [1.807, 2.05) is 6.92 Å². The molecule has 0 heterocycles. The van der Waals surface area contributed by atoms with Gasteiger partial charge in [-0.05, 0) is 19.3 Å². The maximum atomic E-state index is 11.1. The molecule has 0 saturated carbocycles. The van der Waals surface area contributed by atoms with Gasteiger partial charge in [-0.3, -0.25) is 4.79 Å². The van der Waals surface area contributed by atoms with E-state index in [1.54, 1.807) is 0 Å². The van der Waals surface area contributed by atoms with Crippen LogP contribution in [0.5, 0.6) is 0 Å². The molecule has 0 aromatic rings. The molecule has 2 heteroatoms. The summed E-state index contributed by atoms with van der Waals surface area (Å²) in [6, 6.07) is 0.321. The molecule has 0 saturated heterocycles. The van der Waals surface area contributed by atoms with Gasteiger partial charge in [0, 0.05) is 12.5 Å². The SMILES string of the molecule is CC[C@H](C)NC(=O)CC(C)C. The number of carbonyl (C=O) groups excluding carboxylic acids is 1. The van der Waals surface area contributed by atoms with Gasteiger partial charge in [-0.1, -0.05) is 20.8 Å². The molecule has 0 fully saturated rings. The lowest BCUT2D eigenvalue weighted by atomic mass is 10.1. The highest BCUT2D eigenvalue weighted by Crippen LogP contribution is 1.99. The average molecular weight is 157 g/mol. The predicted molar refractivity (Wildman–Crippen MR) is 47.4 cm³/mol. The first-order valence-electron chi connectivity index (χ1n) is 4.35. The van der Waals surface area contributed by atoms with Gasteiger partial charge in [0.15, 0.2) is 0 Å². The zero-order valence-corrected chi connectivity index (χ0v) is 7.98. The summed E-state index contributed by atoms with van der Waals surface area (Å²) in [6.45, 7) is 8.20. The highest BCUT2D eigenvalue weighted by atomic mass is 16.1. The van der Waals surface area contributed by atoms with Gasteiger partial charge in [-0.15, -0.1) is 0 Å². The van der Waals surface area contributed by atoms with Gasteiger partial charge in [-0.25, -0.2) is 0 Å². The van der Waals surface area contributed by atoms with Crippen molar-refractivity contribution in [3.8, 4) is 0 Å². The molecule has 0 unspecified atom stereocenters. The molecule has 66 valence electrons. The third kappa shape index (κ3) is 5.89. The second kappa shape index (κ2) is 5.16.